The molecule has 0 unspecified atom stereocenters. The van der Waals surface area contributed by atoms with Crippen molar-refractivity contribution in [1.82, 2.24) is 0 Å². The number of allylic oxidation sites excluding steroid dienone is 2. The van der Waals surface area contributed by atoms with Gasteiger partial charge in [-0.25, -0.2) is 0 Å². The normalized spacial score (nSPS) is 12.0. The summed E-state index contributed by atoms with van der Waals surface area (Å²) in [6.45, 7) is 11.3. The maximum Gasteiger partial charge on any atom is 0.138 e. The third kappa shape index (κ3) is 4.01. The zero-order chi connectivity index (χ0) is 10.5. The summed E-state index contributed by atoms with van der Waals surface area (Å²) in [7, 11) is -1.44. The van der Waals surface area contributed by atoms with Crippen LogP contribution in [-0.4, -0.2) is 8.07 Å². The van der Waals surface area contributed by atoms with Gasteiger partial charge in [0.15, 0.2) is 0 Å². The Kier molecular flexibility index (Phi) is 4.04. The van der Waals surface area contributed by atoms with E-state index in [1.807, 2.05) is 0 Å². The molecule has 0 aromatic carbocycles. The molecule has 0 rings (SSSR count). The topological polar surface area (TPSA) is 0 Å². The van der Waals surface area contributed by atoms with E-state index in [9.17, 15) is 0 Å². The Morgan fingerprint density at radius 2 is 1.69 bits per heavy atom. The van der Waals surface area contributed by atoms with Gasteiger partial charge in [0.1, 0.15) is 8.07 Å². The van der Waals surface area contributed by atoms with Crippen molar-refractivity contribution in [3.63, 3.8) is 0 Å². The molecule has 0 amide bonds. The van der Waals surface area contributed by atoms with Gasteiger partial charge < -0.3 is 0 Å². The molecule has 0 atom stereocenters. The maximum absolute atomic E-state index is 5.07. The minimum Gasteiger partial charge on any atom is -0.126 e. The van der Waals surface area contributed by atoms with Crippen LogP contribution in [0.2, 0.25) is 18.1 Å². The van der Waals surface area contributed by atoms with Gasteiger partial charge in [-0.1, -0.05) is 45.7 Å². The fourth-order valence-electron chi connectivity index (χ4n) is 0.499. The average Bonchev–Trinajstić information content (AvgIpc) is 1.96. The minimum atomic E-state index is -1.44. The summed E-state index contributed by atoms with van der Waals surface area (Å²) in [5.41, 5.74) is 3.34. The van der Waals surface area contributed by atoms with Crippen molar-refractivity contribution in [1.29, 1.82) is 0 Å². The molecule has 0 aromatic rings. The van der Waals surface area contributed by atoms with Crippen LogP contribution in [0.15, 0.2) is 12.2 Å². The highest BCUT2D eigenvalue weighted by molar-refractivity contribution is 6.87. The molecule has 0 heterocycles. The highest BCUT2D eigenvalue weighted by Gasteiger charge is 2.33. The number of terminal acetylenes is 1. The molecule has 1 heteroatoms. The Labute approximate surface area is 83.4 Å². The van der Waals surface area contributed by atoms with Crippen LogP contribution >= 0.6 is 0 Å². The summed E-state index contributed by atoms with van der Waals surface area (Å²) in [4.78, 5) is 0. The SMILES string of the molecule is C#C/C=C\C#C[Si](C)(C)C(C)(C)C. The van der Waals surface area contributed by atoms with Crippen molar-refractivity contribution in [2.24, 2.45) is 0 Å². The number of hydrogen-bond donors (Lipinski definition) is 0. The lowest BCUT2D eigenvalue weighted by atomic mass is 10.2. The lowest BCUT2D eigenvalue weighted by Gasteiger charge is -2.31. The van der Waals surface area contributed by atoms with Crippen molar-refractivity contribution in [2.45, 2.75) is 38.9 Å². The molecule has 70 valence electrons. The highest BCUT2D eigenvalue weighted by Crippen LogP contribution is 2.34. The predicted molar refractivity (Wildman–Crippen MR) is 62.9 cm³/mol. The smallest absolute Gasteiger partial charge is 0.126 e. The molecule has 0 aliphatic heterocycles. The molecule has 0 aliphatic rings. The van der Waals surface area contributed by atoms with E-state index < -0.39 is 8.07 Å². The van der Waals surface area contributed by atoms with E-state index in [1.54, 1.807) is 12.2 Å². The molecule has 0 saturated heterocycles. The van der Waals surface area contributed by atoms with Crippen LogP contribution in [0.25, 0.3) is 0 Å². The first-order chi connectivity index (χ1) is 5.81. The first kappa shape index (κ1) is 12.1. The molecular formula is C12H18Si. The fraction of sp³-hybridized carbons (Fsp3) is 0.500. The van der Waals surface area contributed by atoms with Gasteiger partial charge in [0.2, 0.25) is 0 Å². The van der Waals surface area contributed by atoms with Gasteiger partial charge >= 0.3 is 0 Å². The zero-order valence-corrected chi connectivity index (χ0v) is 10.2. The molecular weight excluding hydrogens is 172 g/mol. The van der Waals surface area contributed by atoms with Crippen LogP contribution in [0.3, 0.4) is 0 Å². The van der Waals surface area contributed by atoms with Crippen LogP contribution in [0.5, 0.6) is 0 Å². The van der Waals surface area contributed by atoms with Gasteiger partial charge in [0, 0.05) is 0 Å². The third-order valence-corrected chi connectivity index (χ3v) is 7.04. The molecule has 0 spiro atoms. The molecule has 0 aromatic heterocycles. The summed E-state index contributed by atoms with van der Waals surface area (Å²) in [6.07, 6.45) is 8.46. The summed E-state index contributed by atoms with van der Waals surface area (Å²) >= 11 is 0. The van der Waals surface area contributed by atoms with Gasteiger partial charge in [-0.15, -0.1) is 12.0 Å². The number of hydrogen-bond acceptors (Lipinski definition) is 0. The van der Waals surface area contributed by atoms with Crippen LogP contribution in [0, 0.1) is 23.8 Å². The predicted octanol–water partition coefficient (Wildman–Crippen LogP) is 3.23. The van der Waals surface area contributed by atoms with Gasteiger partial charge in [-0.3, -0.25) is 0 Å². The van der Waals surface area contributed by atoms with E-state index in [0.29, 0.717) is 5.04 Å². The third-order valence-electron chi connectivity index (χ3n) is 2.52. The van der Waals surface area contributed by atoms with Crippen LogP contribution in [-0.2, 0) is 0 Å². The van der Waals surface area contributed by atoms with Crippen molar-refractivity contribution < 1.29 is 0 Å². The zero-order valence-electron chi connectivity index (χ0n) is 9.23. The van der Waals surface area contributed by atoms with Gasteiger partial charge in [-0.05, 0) is 17.2 Å². The van der Waals surface area contributed by atoms with Gasteiger partial charge in [0.05, 0.1) is 0 Å². The molecule has 0 radical (unpaired) electrons. The fourth-order valence-corrected chi connectivity index (χ4v) is 1.32. The summed E-state index contributed by atoms with van der Waals surface area (Å²) in [5.74, 6) is 5.45. The summed E-state index contributed by atoms with van der Waals surface area (Å²) in [6, 6.07) is 0. The Morgan fingerprint density at radius 1 is 1.15 bits per heavy atom. The molecule has 0 bridgehead atoms. The molecule has 0 N–H and O–H groups in total. The largest absolute Gasteiger partial charge is 0.138 e. The Balaban J connectivity index is 4.59. The average molecular weight is 190 g/mol. The van der Waals surface area contributed by atoms with Crippen LogP contribution < -0.4 is 0 Å². The standard InChI is InChI=1S/C12H18Si/c1-7-8-9-10-11-13(5,6)12(2,3)4/h1,8-9H,2-6H3/b9-8-. The van der Waals surface area contributed by atoms with E-state index in [-0.39, 0.29) is 0 Å². The van der Waals surface area contributed by atoms with E-state index >= 15 is 0 Å². The Morgan fingerprint density at radius 3 is 2.08 bits per heavy atom. The van der Waals surface area contributed by atoms with Gasteiger partial charge in [-0.2, -0.15) is 0 Å². The molecule has 0 aliphatic carbocycles. The monoisotopic (exact) mass is 190 g/mol. The molecule has 0 saturated carbocycles. The van der Waals surface area contributed by atoms with Crippen molar-refractivity contribution in [3.05, 3.63) is 12.2 Å². The number of rotatable bonds is 0. The summed E-state index contributed by atoms with van der Waals surface area (Å²) < 4.78 is 0. The van der Waals surface area contributed by atoms with Crippen LogP contribution in [0.1, 0.15) is 20.8 Å². The molecule has 0 fully saturated rings. The second kappa shape index (κ2) is 4.35. The Bertz CT molecular complexity index is 284. The first-order valence-electron chi connectivity index (χ1n) is 4.45. The second-order valence-corrected chi connectivity index (χ2v) is 9.64. The molecule has 0 nitrogen and oxygen atoms in total. The van der Waals surface area contributed by atoms with E-state index in [1.165, 1.54) is 0 Å². The van der Waals surface area contributed by atoms with Gasteiger partial charge in [0.25, 0.3) is 0 Å². The quantitative estimate of drug-likeness (QED) is 0.406. The van der Waals surface area contributed by atoms with Crippen molar-refractivity contribution >= 4 is 8.07 Å². The first-order valence-corrected chi connectivity index (χ1v) is 7.45. The van der Waals surface area contributed by atoms with E-state index in [0.717, 1.165) is 0 Å². The maximum atomic E-state index is 5.07. The van der Waals surface area contributed by atoms with E-state index in [4.69, 9.17) is 6.42 Å². The van der Waals surface area contributed by atoms with Crippen molar-refractivity contribution in [3.8, 4) is 23.8 Å². The Hall–Kier alpha value is -0.923. The van der Waals surface area contributed by atoms with E-state index in [2.05, 4.69) is 51.2 Å². The minimum absolute atomic E-state index is 0.323. The lowest BCUT2D eigenvalue weighted by Crippen LogP contribution is -2.35. The lowest BCUT2D eigenvalue weighted by molar-refractivity contribution is 0.731. The highest BCUT2D eigenvalue weighted by atomic mass is 28.3. The molecule has 13 heavy (non-hydrogen) atoms. The second-order valence-electron chi connectivity index (χ2n) is 4.64. The van der Waals surface area contributed by atoms with Crippen LogP contribution in [0.4, 0.5) is 0 Å². The van der Waals surface area contributed by atoms with Crippen molar-refractivity contribution in [2.75, 3.05) is 0 Å². The summed E-state index contributed by atoms with van der Waals surface area (Å²) in [5, 5.41) is 0.323.